The SMILES string of the molecule is [B]OC(O)CN(c1ccccc1)c1ccccc1. The van der Waals surface area contributed by atoms with Crippen molar-refractivity contribution < 1.29 is 9.76 Å². The molecule has 0 saturated carbocycles. The molecule has 1 N–H and O–H groups in total. The molecule has 0 aliphatic heterocycles. The van der Waals surface area contributed by atoms with Crippen molar-refractivity contribution in [3.63, 3.8) is 0 Å². The van der Waals surface area contributed by atoms with Gasteiger partial charge in [-0.05, 0) is 24.3 Å². The number of aliphatic hydroxyl groups is 1. The molecule has 0 aliphatic carbocycles. The number of benzene rings is 2. The van der Waals surface area contributed by atoms with Gasteiger partial charge in [0.1, 0.15) is 0 Å². The topological polar surface area (TPSA) is 32.7 Å². The summed E-state index contributed by atoms with van der Waals surface area (Å²) in [7, 11) is 5.00. The Morgan fingerprint density at radius 1 is 0.944 bits per heavy atom. The number of hydrogen-bond donors (Lipinski definition) is 1. The number of hydrogen-bond acceptors (Lipinski definition) is 3. The van der Waals surface area contributed by atoms with Gasteiger partial charge in [-0.2, -0.15) is 0 Å². The molecule has 2 aromatic carbocycles. The summed E-state index contributed by atoms with van der Waals surface area (Å²) in [6, 6.07) is 19.5. The first-order valence-electron chi connectivity index (χ1n) is 5.72. The van der Waals surface area contributed by atoms with Crippen LogP contribution in [0.1, 0.15) is 0 Å². The third-order valence-corrected chi connectivity index (χ3v) is 2.63. The highest BCUT2D eigenvalue weighted by atomic mass is 16.6. The Balaban J connectivity index is 2.29. The van der Waals surface area contributed by atoms with Crippen molar-refractivity contribution >= 4 is 19.4 Å². The molecule has 0 bridgehead atoms. The molecule has 18 heavy (non-hydrogen) atoms. The fraction of sp³-hybridized carbons (Fsp3) is 0.143. The maximum Gasteiger partial charge on any atom is 0.286 e. The smallest absolute Gasteiger partial charge is 0.286 e. The van der Waals surface area contributed by atoms with Gasteiger partial charge in [0.05, 0.1) is 6.54 Å². The number of aliphatic hydroxyl groups excluding tert-OH is 1. The summed E-state index contributed by atoms with van der Waals surface area (Å²) in [4.78, 5) is 1.94. The van der Waals surface area contributed by atoms with Gasteiger partial charge in [0, 0.05) is 11.4 Å². The molecule has 2 rings (SSSR count). The van der Waals surface area contributed by atoms with E-state index in [1.54, 1.807) is 0 Å². The van der Waals surface area contributed by atoms with Gasteiger partial charge in [0.15, 0.2) is 6.29 Å². The van der Waals surface area contributed by atoms with E-state index in [9.17, 15) is 5.11 Å². The van der Waals surface area contributed by atoms with Crippen molar-refractivity contribution in [1.82, 2.24) is 0 Å². The number of para-hydroxylation sites is 2. The van der Waals surface area contributed by atoms with E-state index in [1.807, 2.05) is 65.6 Å². The molecule has 0 aliphatic rings. The third kappa shape index (κ3) is 3.12. The molecule has 3 nitrogen and oxygen atoms in total. The highest BCUT2D eigenvalue weighted by Gasteiger charge is 2.12. The van der Waals surface area contributed by atoms with Crippen molar-refractivity contribution in [1.29, 1.82) is 0 Å². The quantitative estimate of drug-likeness (QED) is 0.641. The van der Waals surface area contributed by atoms with Crippen LogP contribution in [0.3, 0.4) is 0 Å². The molecule has 2 aromatic rings. The van der Waals surface area contributed by atoms with Gasteiger partial charge >= 0.3 is 0 Å². The molecular weight excluding hydrogens is 225 g/mol. The van der Waals surface area contributed by atoms with Gasteiger partial charge in [-0.15, -0.1) is 0 Å². The lowest BCUT2D eigenvalue weighted by Crippen LogP contribution is -2.30. The fourth-order valence-electron chi connectivity index (χ4n) is 1.77. The van der Waals surface area contributed by atoms with Crippen molar-refractivity contribution in [2.75, 3.05) is 11.4 Å². The van der Waals surface area contributed by atoms with E-state index < -0.39 is 6.29 Å². The van der Waals surface area contributed by atoms with Gasteiger partial charge < -0.3 is 14.7 Å². The van der Waals surface area contributed by atoms with Crippen LogP contribution in [0.15, 0.2) is 60.7 Å². The Hall–Kier alpha value is -1.78. The Morgan fingerprint density at radius 2 is 1.39 bits per heavy atom. The summed E-state index contributed by atoms with van der Waals surface area (Å²) < 4.78 is 4.44. The van der Waals surface area contributed by atoms with Crippen LogP contribution in [0.4, 0.5) is 11.4 Å². The summed E-state index contributed by atoms with van der Waals surface area (Å²) in [5.41, 5.74) is 1.94. The lowest BCUT2D eigenvalue weighted by molar-refractivity contribution is -0.00219. The van der Waals surface area contributed by atoms with Crippen LogP contribution in [0.2, 0.25) is 0 Å². The van der Waals surface area contributed by atoms with E-state index in [-0.39, 0.29) is 6.54 Å². The Morgan fingerprint density at radius 3 is 1.78 bits per heavy atom. The standard InChI is InChI=1S/C14H14BNO2/c15-18-14(17)11-16(12-7-3-1-4-8-12)13-9-5-2-6-10-13/h1-10,14,17H,11H2. The van der Waals surface area contributed by atoms with Crippen LogP contribution in [0.5, 0.6) is 0 Å². The lowest BCUT2D eigenvalue weighted by atomic mass is 10.2. The van der Waals surface area contributed by atoms with Crippen molar-refractivity contribution in [2.45, 2.75) is 6.29 Å². The van der Waals surface area contributed by atoms with Gasteiger partial charge in [-0.3, -0.25) is 0 Å². The number of nitrogens with zero attached hydrogens (tertiary/aromatic N) is 1. The predicted octanol–water partition coefficient (Wildman–Crippen LogP) is 2.24. The summed E-state index contributed by atoms with van der Waals surface area (Å²) in [5.74, 6) is 0. The van der Waals surface area contributed by atoms with Crippen LogP contribution in [-0.4, -0.2) is 26.0 Å². The zero-order valence-corrected chi connectivity index (χ0v) is 9.94. The lowest BCUT2D eigenvalue weighted by Gasteiger charge is -2.27. The van der Waals surface area contributed by atoms with E-state index in [1.165, 1.54) is 0 Å². The molecule has 1 atom stereocenters. The minimum absolute atomic E-state index is 0.268. The van der Waals surface area contributed by atoms with Crippen molar-refractivity contribution in [3.05, 3.63) is 60.7 Å². The summed E-state index contributed by atoms with van der Waals surface area (Å²) in [6.45, 7) is 0.268. The minimum atomic E-state index is -1.04. The van der Waals surface area contributed by atoms with Gasteiger partial charge in [-0.1, -0.05) is 36.4 Å². The van der Waals surface area contributed by atoms with Crippen molar-refractivity contribution in [3.8, 4) is 0 Å². The Labute approximate surface area is 108 Å². The number of anilines is 2. The van der Waals surface area contributed by atoms with E-state index >= 15 is 0 Å². The molecule has 0 heterocycles. The minimum Gasteiger partial charge on any atom is -0.423 e. The van der Waals surface area contributed by atoms with E-state index in [2.05, 4.69) is 4.65 Å². The molecule has 4 heteroatoms. The molecule has 90 valence electrons. The highest BCUT2D eigenvalue weighted by molar-refractivity contribution is 5.98. The van der Waals surface area contributed by atoms with Crippen LogP contribution in [0, 0.1) is 0 Å². The second-order valence-corrected chi connectivity index (χ2v) is 3.87. The molecule has 2 radical (unpaired) electrons. The average Bonchev–Trinajstić information content (AvgIpc) is 2.46. The van der Waals surface area contributed by atoms with Gasteiger partial charge in [0.25, 0.3) is 8.05 Å². The number of rotatable bonds is 5. The van der Waals surface area contributed by atoms with Crippen LogP contribution in [0.25, 0.3) is 0 Å². The van der Waals surface area contributed by atoms with Crippen LogP contribution >= 0.6 is 0 Å². The van der Waals surface area contributed by atoms with Crippen molar-refractivity contribution in [2.24, 2.45) is 0 Å². The molecule has 0 fully saturated rings. The first kappa shape index (κ1) is 12.7. The summed E-state index contributed by atoms with van der Waals surface area (Å²) in [6.07, 6.45) is -1.04. The van der Waals surface area contributed by atoms with E-state index in [4.69, 9.17) is 8.05 Å². The predicted molar refractivity (Wildman–Crippen MR) is 72.7 cm³/mol. The second-order valence-electron chi connectivity index (χ2n) is 3.87. The van der Waals surface area contributed by atoms with E-state index in [0.717, 1.165) is 11.4 Å². The molecule has 0 saturated heterocycles. The second kappa shape index (κ2) is 6.24. The first-order valence-corrected chi connectivity index (χ1v) is 5.72. The molecular formula is C14H14BNO2. The molecule has 0 aromatic heterocycles. The zero-order valence-electron chi connectivity index (χ0n) is 9.94. The average molecular weight is 239 g/mol. The Bertz CT molecular complexity index is 424. The highest BCUT2D eigenvalue weighted by Crippen LogP contribution is 2.24. The monoisotopic (exact) mass is 239 g/mol. The molecule has 1 unspecified atom stereocenters. The summed E-state index contributed by atoms with van der Waals surface area (Å²) in [5, 5.41) is 9.56. The molecule has 0 spiro atoms. The normalized spacial score (nSPS) is 12.1. The van der Waals surface area contributed by atoms with E-state index in [0.29, 0.717) is 0 Å². The third-order valence-electron chi connectivity index (χ3n) is 2.63. The maximum absolute atomic E-state index is 9.56. The van der Waals surface area contributed by atoms with Crippen LogP contribution < -0.4 is 4.90 Å². The van der Waals surface area contributed by atoms with Crippen LogP contribution in [-0.2, 0) is 4.65 Å². The largest absolute Gasteiger partial charge is 0.423 e. The first-order chi connectivity index (χ1) is 8.81. The molecule has 0 amide bonds. The van der Waals surface area contributed by atoms with Gasteiger partial charge in [0.2, 0.25) is 0 Å². The summed E-state index contributed by atoms with van der Waals surface area (Å²) >= 11 is 0. The maximum atomic E-state index is 9.56. The van der Waals surface area contributed by atoms with Gasteiger partial charge in [-0.25, -0.2) is 0 Å². The zero-order chi connectivity index (χ0) is 12.8. The Kier molecular flexibility index (Phi) is 4.39. The fourth-order valence-corrected chi connectivity index (χ4v) is 1.77.